The number of nitrogens with zero attached hydrogens (tertiary/aromatic N) is 5. The Morgan fingerprint density at radius 2 is 1.84 bits per heavy atom. The van der Waals surface area contributed by atoms with E-state index >= 15 is 0 Å². The van der Waals surface area contributed by atoms with Crippen LogP contribution in [0.25, 0.3) is 11.2 Å². The maximum Gasteiger partial charge on any atom is 0.205 e. The number of anilines is 2. The van der Waals surface area contributed by atoms with Gasteiger partial charge < -0.3 is 19.9 Å². The summed E-state index contributed by atoms with van der Waals surface area (Å²) in [6, 6.07) is 1.24. The van der Waals surface area contributed by atoms with Gasteiger partial charge in [0, 0.05) is 38.3 Å². The number of H-pyrrole nitrogens is 1. The van der Waals surface area contributed by atoms with Crippen molar-refractivity contribution in [1.82, 2.24) is 24.8 Å². The standard InChI is InChI=1S/C17H25N7O/c1-2-12(1)20-15-14-16(19-11-18-15)22-17(21-14)24-5-3-13(4-6-24)23-7-9-25-10-8-23/h11-13H,1-10H2,(H2,18,19,20,21,22). The molecule has 25 heavy (non-hydrogen) atoms. The summed E-state index contributed by atoms with van der Waals surface area (Å²) in [6.45, 7) is 5.95. The normalized spacial score (nSPS) is 23.3. The molecule has 0 bridgehead atoms. The highest BCUT2D eigenvalue weighted by molar-refractivity contribution is 5.84. The van der Waals surface area contributed by atoms with E-state index in [1.165, 1.54) is 25.7 Å². The van der Waals surface area contributed by atoms with Crippen molar-refractivity contribution in [3.05, 3.63) is 6.33 Å². The molecule has 0 aromatic carbocycles. The molecule has 0 radical (unpaired) electrons. The van der Waals surface area contributed by atoms with Crippen LogP contribution in [-0.2, 0) is 4.74 Å². The van der Waals surface area contributed by atoms with Crippen molar-refractivity contribution in [2.24, 2.45) is 0 Å². The van der Waals surface area contributed by atoms with E-state index in [9.17, 15) is 0 Å². The van der Waals surface area contributed by atoms with Gasteiger partial charge in [-0.3, -0.25) is 4.90 Å². The van der Waals surface area contributed by atoms with Gasteiger partial charge >= 0.3 is 0 Å². The number of aromatic amines is 1. The molecule has 2 aromatic rings. The van der Waals surface area contributed by atoms with Crippen LogP contribution in [0.3, 0.4) is 0 Å². The second-order valence-electron chi connectivity index (χ2n) is 7.27. The lowest BCUT2D eigenvalue weighted by atomic mass is 10.0. The maximum absolute atomic E-state index is 5.47. The third-order valence-corrected chi connectivity index (χ3v) is 5.52. The SMILES string of the molecule is c1nc(NC2CC2)c2[nH]c(N3CCC(N4CCOCC4)CC3)nc2n1. The number of ether oxygens (including phenoxy) is 1. The highest BCUT2D eigenvalue weighted by Gasteiger charge is 2.28. The number of morpholine rings is 1. The fourth-order valence-electron chi connectivity index (χ4n) is 3.88. The molecule has 3 fully saturated rings. The van der Waals surface area contributed by atoms with E-state index in [0.717, 1.165) is 62.3 Å². The molecular weight excluding hydrogens is 318 g/mol. The summed E-state index contributed by atoms with van der Waals surface area (Å²) in [5.41, 5.74) is 1.68. The van der Waals surface area contributed by atoms with E-state index in [2.05, 4.69) is 30.1 Å². The Labute approximate surface area is 147 Å². The lowest BCUT2D eigenvalue weighted by molar-refractivity contribution is 0.0114. The van der Waals surface area contributed by atoms with Crippen LogP contribution in [0.4, 0.5) is 11.8 Å². The Kier molecular flexibility index (Phi) is 3.94. The van der Waals surface area contributed by atoms with Gasteiger partial charge in [-0.2, -0.15) is 4.98 Å². The van der Waals surface area contributed by atoms with Crippen LogP contribution < -0.4 is 10.2 Å². The minimum atomic E-state index is 0.564. The van der Waals surface area contributed by atoms with Gasteiger partial charge in [0.2, 0.25) is 5.95 Å². The van der Waals surface area contributed by atoms with E-state index in [4.69, 9.17) is 9.72 Å². The molecule has 2 aliphatic heterocycles. The van der Waals surface area contributed by atoms with E-state index in [0.29, 0.717) is 12.1 Å². The van der Waals surface area contributed by atoms with Gasteiger partial charge in [0.1, 0.15) is 11.8 Å². The Morgan fingerprint density at radius 3 is 2.60 bits per heavy atom. The number of imidazole rings is 1. The predicted molar refractivity (Wildman–Crippen MR) is 96.0 cm³/mol. The molecule has 2 aromatic heterocycles. The molecule has 4 heterocycles. The highest BCUT2D eigenvalue weighted by Crippen LogP contribution is 2.28. The number of piperidine rings is 1. The fraction of sp³-hybridized carbons (Fsp3) is 0.706. The van der Waals surface area contributed by atoms with Crippen LogP contribution in [0.1, 0.15) is 25.7 Å². The minimum Gasteiger partial charge on any atom is -0.379 e. The molecule has 0 atom stereocenters. The highest BCUT2D eigenvalue weighted by atomic mass is 16.5. The van der Waals surface area contributed by atoms with Gasteiger partial charge in [0.05, 0.1) is 13.2 Å². The van der Waals surface area contributed by atoms with Gasteiger partial charge in [-0.15, -0.1) is 0 Å². The number of rotatable bonds is 4. The summed E-state index contributed by atoms with van der Waals surface area (Å²) in [5.74, 6) is 1.81. The largest absolute Gasteiger partial charge is 0.379 e. The number of hydrogen-bond donors (Lipinski definition) is 2. The molecular formula is C17H25N7O. The van der Waals surface area contributed by atoms with Crippen molar-refractivity contribution in [2.45, 2.75) is 37.8 Å². The zero-order valence-electron chi connectivity index (χ0n) is 14.4. The predicted octanol–water partition coefficient (Wildman–Crippen LogP) is 1.23. The minimum absolute atomic E-state index is 0.564. The van der Waals surface area contributed by atoms with Crippen molar-refractivity contribution < 1.29 is 4.74 Å². The Bertz CT molecular complexity index is 730. The summed E-state index contributed by atoms with van der Waals surface area (Å²) < 4.78 is 5.47. The third kappa shape index (κ3) is 3.16. The number of hydrogen-bond acceptors (Lipinski definition) is 7. The van der Waals surface area contributed by atoms with Crippen LogP contribution in [0.5, 0.6) is 0 Å². The molecule has 0 amide bonds. The Morgan fingerprint density at radius 1 is 1.04 bits per heavy atom. The average Bonchev–Trinajstić information content (AvgIpc) is 3.37. The molecule has 8 heteroatoms. The summed E-state index contributed by atoms with van der Waals surface area (Å²) in [6.07, 6.45) is 6.40. The van der Waals surface area contributed by atoms with E-state index in [1.54, 1.807) is 6.33 Å². The van der Waals surface area contributed by atoms with Gasteiger partial charge in [0.15, 0.2) is 11.5 Å². The first-order valence-corrected chi connectivity index (χ1v) is 9.41. The summed E-state index contributed by atoms with van der Waals surface area (Å²) in [5, 5.41) is 3.47. The summed E-state index contributed by atoms with van der Waals surface area (Å²) in [7, 11) is 0. The zero-order chi connectivity index (χ0) is 16.6. The van der Waals surface area contributed by atoms with Crippen LogP contribution in [-0.4, -0.2) is 76.3 Å². The van der Waals surface area contributed by atoms with Crippen molar-refractivity contribution in [2.75, 3.05) is 49.6 Å². The lowest BCUT2D eigenvalue weighted by Gasteiger charge is -2.40. The van der Waals surface area contributed by atoms with Crippen molar-refractivity contribution in [3.63, 3.8) is 0 Å². The Hall–Kier alpha value is -1.93. The van der Waals surface area contributed by atoms with Crippen LogP contribution in [0.2, 0.25) is 0 Å². The van der Waals surface area contributed by atoms with Crippen LogP contribution in [0.15, 0.2) is 6.33 Å². The molecule has 0 spiro atoms. The number of aromatic nitrogens is 4. The fourth-order valence-corrected chi connectivity index (χ4v) is 3.88. The van der Waals surface area contributed by atoms with Crippen LogP contribution >= 0.6 is 0 Å². The monoisotopic (exact) mass is 343 g/mol. The first-order valence-electron chi connectivity index (χ1n) is 9.41. The van der Waals surface area contributed by atoms with E-state index in [-0.39, 0.29) is 0 Å². The molecule has 1 aliphatic carbocycles. The lowest BCUT2D eigenvalue weighted by Crippen LogP contribution is -2.49. The molecule has 134 valence electrons. The quantitative estimate of drug-likeness (QED) is 0.864. The van der Waals surface area contributed by atoms with Crippen molar-refractivity contribution in [3.8, 4) is 0 Å². The van der Waals surface area contributed by atoms with Gasteiger partial charge in [-0.25, -0.2) is 9.97 Å². The van der Waals surface area contributed by atoms with Gasteiger partial charge in [-0.05, 0) is 25.7 Å². The number of fused-ring (bicyclic) bond motifs is 1. The second-order valence-corrected chi connectivity index (χ2v) is 7.27. The molecule has 5 rings (SSSR count). The van der Waals surface area contributed by atoms with Gasteiger partial charge in [0.25, 0.3) is 0 Å². The molecule has 0 unspecified atom stereocenters. The topological polar surface area (TPSA) is 82.2 Å². The van der Waals surface area contributed by atoms with Crippen molar-refractivity contribution >= 4 is 22.9 Å². The summed E-state index contributed by atoms with van der Waals surface area (Å²) >= 11 is 0. The van der Waals surface area contributed by atoms with Crippen molar-refractivity contribution in [1.29, 1.82) is 0 Å². The zero-order valence-corrected chi connectivity index (χ0v) is 14.4. The van der Waals surface area contributed by atoms with E-state index in [1.807, 2.05) is 0 Å². The first kappa shape index (κ1) is 15.3. The number of nitrogens with one attached hydrogen (secondary N) is 2. The second kappa shape index (κ2) is 6.42. The Balaban J connectivity index is 1.29. The average molecular weight is 343 g/mol. The molecule has 2 N–H and O–H groups in total. The molecule has 2 saturated heterocycles. The molecule has 8 nitrogen and oxygen atoms in total. The maximum atomic E-state index is 5.47. The van der Waals surface area contributed by atoms with E-state index < -0.39 is 0 Å². The third-order valence-electron chi connectivity index (χ3n) is 5.52. The van der Waals surface area contributed by atoms with Gasteiger partial charge in [-0.1, -0.05) is 0 Å². The summed E-state index contributed by atoms with van der Waals surface area (Å²) in [4.78, 5) is 21.8. The molecule has 3 aliphatic rings. The smallest absolute Gasteiger partial charge is 0.205 e. The first-order chi connectivity index (χ1) is 12.4. The van der Waals surface area contributed by atoms with Crippen LogP contribution in [0, 0.1) is 0 Å². The molecule has 1 saturated carbocycles.